The second-order valence-electron chi connectivity index (χ2n) is 6.44. The lowest BCUT2D eigenvalue weighted by molar-refractivity contribution is -0.133. The minimum Gasteiger partial charge on any atom is -0.392 e. The van der Waals surface area contributed by atoms with Gasteiger partial charge < -0.3 is 14.5 Å². The van der Waals surface area contributed by atoms with E-state index in [1.54, 1.807) is 0 Å². The summed E-state index contributed by atoms with van der Waals surface area (Å²) in [5.74, 6) is 1.59. The lowest BCUT2D eigenvalue weighted by Gasteiger charge is -2.35. The topological polar surface area (TPSA) is 82.7 Å². The zero-order valence-corrected chi connectivity index (χ0v) is 14.4. The highest BCUT2D eigenvalue weighted by Gasteiger charge is 2.22. The highest BCUT2D eigenvalue weighted by atomic mass is 16.5. The Morgan fingerprint density at radius 3 is 2.57 bits per heavy atom. The Hall–Kier alpha value is -1.47. The van der Waals surface area contributed by atoms with Crippen molar-refractivity contribution in [2.75, 3.05) is 32.7 Å². The van der Waals surface area contributed by atoms with Crippen LogP contribution < -0.4 is 0 Å². The first-order chi connectivity index (χ1) is 11.0. The van der Waals surface area contributed by atoms with Gasteiger partial charge in [-0.05, 0) is 6.42 Å². The summed E-state index contributed by atoms with van der Waals surface area (Å²) in [5, 5.41) is 13.6. The maximum atomic E-state index is 12.3. The van der Waals surface area contributed by atoms with Crippen LogP contribution in [0.25, 0.3) is 0 Å². The van der Waals surface area contributed by atoms with Crippen molar-refractivity contribution < 1.29 is 14.4 Å². The third-order valence-electron chi connectivity index (χ3n) is 4.22. The number of hydrogen-bond donors (Lipinski definition) is 1. The largest absolute Gasteiger partial charge is 0.392 e. The van der Waals surface area contributed by atoms with Gasteiger partial charge >= 0.3 is 0 Å². The van der Waals surface area contributed by atoms with Gasteiger partial charge in [0.25, 0.3) is 0 Å². The molecule has 1 atom stereocenters. The number of carbonyl (C=O) groups excluding carboxylic acids is 1. The van der Waals surface area contributed by atoms with Crippen molar-refractivity contribution in [2.24, 2.45) is 0 Å². The molecule has 130 valence electrons. The molecule has 0 aliphatic carbocycles. The number of aliphatic hydroxyl groups excluding tert-OH is 1. The number of rotatable bonds is 7. The van der Waals surface area contributed by atoms with Gasteiger partial charge in [0.05, 0.1) is 6.10 Å². The fourth-order valence-corrected chi connectivity index (χ4v) is 2.58. The first-order valence-electron chi connectivity index (χ1n) is 8.50. The molecule has 2 rings (SSSR count). The molecular formula is C16H28N4O3. The molecule has 0 aromatic carbocycles. The highest BCUT2D eigenvalue weighted by Crippen LogP contribution is 2.12. The number of hydrogen-bond acceptors (Lipinski definition) is 6. The molecule has 0 radical (unpaired) electrons. The minimum atomic E-state index is -0.273. The maximum Gasteiger partial charge on any atom is 0.227 e. The number of amides is 1. The third kappa shape index (κ3) is 5.28. The number of aromatic nitrogens is 2. The van der Waals surface area contributed by atoms with E-state index in [0.29, 0.717) is 31.1 Å². The third-order valence-corrected chi connectivity index (χ3v) is 4.22. The smallest absolute Gasteiger partial charge is 0.227 e. The van der Waals surface area contributed by atoms with Crippen molar-refractivity contribution in [3.8, 4) is 0 Å². The van der Waals surface area contributed by atoms with Crippen LogP contribution in [0.5, 0.6) is 0 Å². The van der Waals surface area contributed by atoms with E-state index in [0.717, 1.165) is 32.6 Å². The van der Waals surface area contributed by atoms with Gasteiger partial charge in [-0.15, -0.1) is 0 Å². The summed E-state index contributed by atoms with van der Waals surface area (Å²) in [6.45, 7) is 9.77. The van der Waals surface area contributed by atoms with E-state index in [2.05, 4.69) is 15.0 Å². The number of piperazine rings is 1. The lowest BCUT2D eigenvalue weighted by atomic mass is 10.2. The fourth-order valence-electron chi connectivity index (χ4n) is 2.58. The van der Waals surface area contributed by atoms with Gasteiger partial charge in [-0.25, -0.2) is 0 Å². The Labute approximate surface area is 137 Å². The predicted octanol–water partition coefficient (Wildman–Crippen LogP) is 1.04. The number of nitrogens with zero attached hydrogens (tertiary/aromatic N) is 4. The molecule has 1 aliphatic rings. The van der Waals surface area contributed by atoms with E-state index >= 15 is 0 Å². The van der Waals surface area contributed by atoms with Crippen LogP contribution in [0.2, 0.25) is 0 Å². The maximum absolute atomic E-state index is 12.3. The molecule has 0 saturated carbocycles. The zero-order valence-electron chi connectivity index (χ0n) is 14.4. The van der Waals surface area contributed by atoms with Gasteiger partial charge in [0, 0.05) is 51.5 Å². The van der Waals surface area contributed by atoms with Gasteiger partial charge in [0.1, 0.15) is 0 Å². The summed E-state index contributed by atoms with van der Waals surface area (Å²) < 4.78 is 5.17. The van der Waals surface area contributed by atoms with Crippen LogP contribution in [-0.4, -0.2) is 69.8 Å². The molecule has 1 aromatic rings. The molecule has 0 bridgehead atoms. The lowest BCUT2D eigenvalue weighted by Crippen LogP contribution is -2.50. The zero-order chi connectivity index (χ0) is 16.8. The molecule has 1 unspecified atom stereocenters. The first-order valence-corrected chi connectivity index (χ1v) is 8.50. The molecule has 1 amide bonds. The summed E-state index contributed by atoms with van der Waals surface area (Å²) in [6.07, 6.45) is 1.39. The molecule has 7 nitrogen and oxygen atoms in total. The summed E-state index contributed by atoms with van der Waals surface area (Å²) in [4.78, 5) is 20.7. The fraction of sp³-hybridized carbons (Fsp3) is 0.812. The molecule has 7 heteroatoms. The molecule has 1 N–H and O–H groups in total. The van der Waals surface area contributed by atoms with E-state index in [-0.39, 0.29) is 17.9 Å². The number of aliphatic hydroxyl groups is 1. The van der Waals surface area contributed by atoms with Crippen LogP contribution in [0.4, 0.5) is 0 Å². The molecule has 1 fully saturated rings. The van der Waals surface area contributed by atoms with Crippen LogP contribution in [0.1, 0.15) is 51.2 Å². The summed E-state index contributed by atoms with van der Waals surface area (Å²) in [5.41, 5.74) is 0. The van der Waals surface area contributed by atoms with Crippen LogP contribution >= 0.6 is 0 Å². The number of carbonyl (C=O) groups is 1. The van der Waals surface area contributed by atoms with Gasteiger partial charge in [-0.2, -0.15) is 4.98 Å². The Morgan fingerprint density at radius 1 is 1.30 bits per heavy atom. The average molecular weight is 324 g/mol. The molecule has 23 heavy (non-hydrogen) atoms. The highest BCUT2D eigenvalue weighted by molar-refractivity contribution is 5.76. The number of aryl methyl sites for hydroxylation is 1. The summed E-state index contributed by atoms with van der Waals surface area (Å²) in [7, 11) is 0. The van der Waals surface area contributed by atoms with Gasteiger partial charge in [0.15, 0.2) is 5.82 Å². The standard InChI is InChI=1S/C16H28N4O3/c1-4-13(21)11-19-7-9-20(10-8-19)15(22)6-5-14-17-16(12(2)3)18-23-14/h12-13,21H,4-11H2,1-3H3. The number of β-amino-alcohol motifs (C(OH)–C–C–N with tert-alkyl or cyclic N) is 1. The van der Waals surface area contributed by atoms with Gasteiger partial charge in [-0.1, -0.05) is 25.9 Å². The average Bonchev–Trinajstić information content (AvgIpc) is 3.02. The van der Waals surface area contributed by atoms with E-state index in [9.17, 15) is 9.90 Å². The molecule has 1 saturated heterocycles. The van der Waals surface area contributed by atoms with E-state index in [4.69, 9.17) is 4.52 Å². The molecule has 1 aromatic heterocycles. The molecule has 1 aliphatic heterocycles. The Kier molecular flexibility index (Phi) is 6.53. The summed E-state index contributed by atoms with van der Waals surface area (Å²) in [6, 6.07) is 0. The monoisotopic (exact) mass is 324 g/mol. The van der Waals surface area contributed by atoms with E-state index in [1.165, 1.54) is 0 Å². The van der Waals surface area contributed by atoms with E-state index in [1.807, 2.05) is 25.7 Å². The Bertz CT molecular complexity index is 495. The van der Waals surface area contributed by atoms with Crippen molar-refractivity contribution in [2.45, 2.75) is 52.1 Å². The molecule has 0 spiro atoms. The van der Waals surface area contributed by atoms with Crippen LogP contribution in [0.15, 0.2) is 4.52 Å². The van der Waals surface area contributed by atoms with Gasteiger partial charge in [0.2, 0.25) is 11.8 Å². The molecule has 2 heterocycles. The van der Waals surface area contributed by atoms with E-state index < -0.39 is 0 Å². The molecular weight excluding hydrogens is 296 g/mol. The van der Waals surface area contributed by atoms with Crippen molar-refractivity contribution in [1.82, 2.24) is 19.9 Å². The second-order valence-corrected chi connectivity index (χ2v) is 6.44. The van der Waals surface area contributed by atoms with Crippen LogP contribution in [0.3, 0.4) is 0 Å². The second kappa shape index (κ2) is 8.40. The van der Waals surface area contributed by atoms with Crippen molar-refractivity contribution in [3.63, 3.8) is 0 Å². The first kappa shape index (κ1) is 17.9. The Morgan fingerprint density at radius 2 is 2.00 bits per heavy atom. The van der Waals surface area contributed by atoms with Crippen LogP contribution in [0, 0.1) is 0 Å². The van der Waals surface area contributed by atoms with Crippen molar-refractivity contribution >= 4 is 5.91 Å². The SMILES string of the molecule is CCC(O)CN1CCN(C(=O)CCc2nc(C(C)C)no2)CC1. The Balaban J connectivity index is 1.72. The van der Waals surface area contributed by atoms with Crippen molar-refractivity contribution in [3.05, 3.63) is 11.7 Å². The minimum absolute atomic E-state index is 0.130. The normalized spacial score (nSPS) is 17.7. The van der Waals surface area contributed by atoms with Crippen LogP contribution in [-0.2, 0) is 11.2 Å². The predicted molar refractivity (Wildman–Crippen MR) is 86.0 cm³/mol. The summed E-state index contributed by atoms with van der Waals surface area (Å²) >= 11 is 0. The van der Waals surface area contributed by atoms with Crippen molar-refractivity contribution in [1.29, 1.82) is 0 Å². The van der Waals surface area contributed by atoms with Gasteiger partial charge in [-0.3, -0.25) is 9.69 Å². The quantitative estimate of drug-likeness (QED) is 0.807.